The molecule has 1 atom stereocenters. The van der Waals surface area contributed by atoms with Crippen molar-refractivity contribution in [2.24, 2.45) is 0 Å². The molecule has 0 bridgehead atoms. The van der Waals surface area contributed by atoms with Gasteiger partial charge in [-0.05, 0) is 26.3 Å². The largest absolute Gasteiger partial charge is 0.339 e. The highest BCUT2D eigenvalue weighted by Gasteiger charge is 2.11. The number of hydrogen-bond donors (Lipinski definition) is 1. The predicted octanol–water partition coefficient (Wildman–Crippen LogP) is 2.09. The van der Waals surface area contributed by atoms with Gasteiger partial charge in [-0.1, -0.05) is 25.4 Å². The fraction of sp³-hybridized carbons (Fsp3) is 0.818. The highest BCUT2D eigenvalue weighted by molar-refractivity contribution is 4.87. The van der Waals surface area contributed by atoms with Gasteiger partial charge in [0.1, 0.15) is 0 Å². The molecular formula is C11H21N3O. The van der Waals surface area contributed by atoms with Crippen LogP contribution in [0.1, 0.15) is 44.8 Å². The molecule has 0 aromatic carbocycles. The maximum atomic E-state index is 5.12. The molecule has 4 nitrogen and oxygen atoms in total. The monoisotopic (exact) mass is 211 g/mol. The average molecular weight is 211 g/mol. The van der Waals surface area contributed by atoms with Gasteiger partial charge >= 0.3 is 0 Å². The molecule has 0 aliphatic carbocycles. The number of nitrogens with zero attached hydrogens (tertiary/aromatic N) is 2. The summed E-state index contributed by atoms with van der Waals surface area (Å²) < 4.78 is 5.12. The predicted molar refractivity (Wildman–Crippen MR) is 59.7 cm³/mol. The quantitative estimate of drug-likeness (QED) is 0.750. The summed E-state index contributed by atoms with van der Waals surface area (Å²) >= 11 is 0. The van der Waals surface area contributed by atoms with Crippen LogP contribution in [-0.4, -0.2) is 22.7 Å². The van der Waals surface area contributed by atoms with Gasteiger partial charge in [0.2, 0.25) is 5.89 Å². The van der Waals surface area contributed by atoms with Gasteiger partial charge in [-0.15, -0.1) is 0 Å². The molecule has 0 fully saturated rings. The number of aryl methyl sites for hydroxylation is 1. The van der Waals surface area contributed by atoms with Crippen molar-refractivity contribution >= 4 is 0 Å². The van der Waals surface area contributed by atoms with Gasteiger partial charge in [-0.3, -0.25) is 0 Å². The molecular weight excluding hydrogens is 190 g/mol. The lowest BCUT2D eigenvalue weighted by atomic mass is 10.1. The molecule has 0 saturated heterocycles. The Kier molecular flexibility index (Phi) is 5.32. The summed E-state index contributed by atoms with van der Waals surface area (Å²) in [4.78, 5) is 4.22. The number of aromatic nitrogens is 2. The SMILES string of the molecule is CCCNC(CCC)Cc1nc(C)no1. The van der Waals surface area contributed by atoms with Crippen molar-refractivity contribution in [3.8, 4) is 0 Å². The Morgan fingerprint density at radius 3 is 2.67 bits per heavy atom. The van der Waals surface area contributed by atoms with Gasteiger partial charge in [0.15, 0.2) is 5.82 Å². The normalized spacial score (nSPS) is 13.0. The third-order valence-corrected chi connectivity index (χ3v) is 2.31. The van der Waals surface area contributed by atoms with Crippen LogP contribution in [0.15, 0.2) is 4.52 Å². The van der Waals surface area contributed by atoms with E-state index < -0.39 is 0 Å². The molecule has 1 N–H and O–H groups in total. The summed E-state index contributed by atoms with van der Waals surface area (Å²) in [5.41, 5.74) is 0. The molecule has 15 heavy (non-hydrogen) atoms. The molecule has 0 amide bonds. The topological polar surface area (TPSA) is 51.0 Å². The Morgan fingerprint density at radius 1 is 1.33 bits per heavy atom. The van der Waals surface area contributed by atoms with Crippen LogP contribution in [0.5, 0.6) is 0 Å². The number of rotatable bonds is 7. The van der Waals surface area contributed by atoms with Gasteiger partial charge in [-0.25, -0.2) is 0 Å². The van der Waals surface area contributed by atoms with Crippen molar-refractivity contribution in [3.63, 3.8) is 0 Å². The third kappa shape index (κ3) is 4.42. The molecule has 4 heteroatoms. The van der Waals surface area contributed by atoms with E-state index in [0.29, 0.717) is 6.04 Å². The van der Waals surface area contributed by atoms with Crippen LogP contribution in [-0.2, 0) is 6.42 Å². The van der Waals surface area contributed by atoms with Crippen LogP contribution in [0.2, 0.25) is 0 Å². The van der Waals surface area contributed by atoms with E-state index in [1.807, 2.05) is 6.92 Å². The van der Waals surface area contributed by atoms with Gasteiger partial charge in [0.25, 0.3) is 0 Å². The molecule has 1 rings (SSSR count). The Bertz CT molecular complexity index is 273. The lowest BCUT2D eigenvalue weighted by Crippen LogP contribution is -2.31. The average Bonchev–Trinajstić information content (AvgIpc) is 2.61. The fourth-order valence-corrected chi connectivity index (χ4v) is 1.61. The van der Waals surface area contributed by atoms with E-state index >= 15 is 0 Å². The van der Waals surface area contributed by atoms with Crippen LogP contribution in [0.25, 0.3) is 0 Å². The second kappa shape index (κ2) is 6.56. The Balaban J connectivity index is 2.42. The molecule has 0 spiro atoms. The smallest absolute Gasteiger partial charge is 0.228 e. The Labute approximate surface area is 91.5 Å². The molecule has 0 saturated carbocycles. The zero-order valence-corrected chi connectivity index (χ0v) is 9.92. The molecule has 1 unspecified atom stereocenters. The summed E-state index contributed by atoms with van der Waals surface area (Å²) in [6.45, 7) is 7.27. The first-order valence-corrected chi connectivity index (χ1v) is 5.78. The highest BCUT2D eigenvalue weighted by Crippen LogP contribution is 2.05. The molecule has 86 valence electrons. The summed E-state index contributed by atoms with van der Waals surface area (Å²) in [6, 6.07) is 0.467. The van der Waals surface area contributed by atoms with Crippen LogP contribution in [0, 0.1) is 6.92 Å². The number of nitrogens with one attached hydrogen (secondary N) is 1. The Morgan fingerprint density at radius 2 is 2.13 bits per heavy atom. The minimum atomic E-state index is 0.467. The van der Waals surface area contributed by atoms with Crippen molar-refractivity contribution in [1.29, 1.82) is 0 Å². The van der Waals surface area contributed by atoms with E-state index in [4.69, 9.17) is 4.52 Å². The third-order valence-electron chi connectivity index (χ3n) is 2.31. The molecule has 0 aliphatic heterocycles. The standard InChI is InChI=1S/C11H21N3O/c1-4-6-10(12-7-5-2)8-11-13-9(3)14-15-11/h10,12H,4-8H2,1-3H3. The van der Waals surface area contributed by atoms with Crippen molar-refractivity contribution in [2.75, 3.05) is 6.54 Å². The lowest BCUT2D eigenvalue weighted by molar-refractivity contribution is 0.348. The van der Waals surface area contributed by atoms with Crippen molar-refractivity contribution in [2.45, 2.75) is 52.5 Å². The minimum Gasteiger partial charge on any atom is -0.339 e. The Hall–Kier alpha value is -0.900. The van der Waals surface area contributed by atoms with Crippen LogP contribution in [0.4, 0.5) is 0 Å². The first-order valence-electron chi connectivity index (χ1n) is 5.78. The summed E-state index contributed by atoms with van der Waals surface area (Å²) in [6.07, 6.45) is 4.33. The van der Waals surface area contributed by atoms with Gasteiger partial charge < -0.3 is 9.84 Å². The summed E-state index contributed by atoms with van der Waals surface area (Å²) in [7, 11) is 0. The van der Waals surface area contributed by atoms with Crippen LogP contribution >= 0.6 is 0 Å². The van der Waals surface area contributed by atoms with Crippen molar-refractivity contribution in [3.05, 3.63) is 11.7 Å². The lowest BCUT2D eigenvalue weighted by Gasteiger charge is -2.15. The van der Waals surface area contributed by atoms with Crippen molar-refractivity contribution < 1.29 is 4.52 Å². The van der Waals surface area contributed by atoms with Crippen LogP contribution < -0.4 is 5.32 Å². The molecule has 0 radical (unpaired) electrons. The zero-order valence-electron chi connectivity index (χ0n) is 9.92. The van der Waals surface area contributed by atoms with E-state index in [0.717, 1.165) is 37.5 Å². The first kappa shape index (κ1) is 12.2. The second-order valence-corrected chi connectivity index (χ2v) is 3.88. The maximum Gasteiger partial charge on any atom is 0.228 e. The molecule has 1 aromatic heterocycles. The van der Waals surface area contributed by atoms with Gasteiger partial charge in [0, 0.05) is 12.5 Å². The first-order chi connectivity index (χ1) is 7.26. The minimum absolute atomic E-state index is 0.467. The fourth-order valence-electron chi connectivity index (χ4n) is 1.61. The van der Waals surface area contributed by atoms with E-state index in [1.165, 1.54) is 6.42 Å². The van der Waals surface area contributed by atoms with Crippen LogP contribution in [0.3, 0.4) is 0 Å². The summed E-state index contributed by atoms with van der Waals surface area (Å²) in [5, 5.41) is 7.30. The maximum absolute atomic E-state index is 5.12. The number of hydrogen-bond acceptors (Lipinski definition) is 4. The summed E-state index contributed by atoms with van der Waals surface area (Å²) in [5.74, 6) is 1.46. The zero-order chi connectivity index (χ0) is 11.1. The van der Waals surface area contributed by atoms with Gasteiger partial charge in [0.05, 0.1) is 0 Å². The highest BCUT2D eigenvalue weighted by atomic mass is 16.5. The molecule has 1 heterocycles. The van der Waals surface area contributed by atoms with Gasteiger partial charge in [-0.2, -0.15) is 4.98 Å². The molecule has 1 aromatic rings. The van der Waals surface area contributed by atoms with E-state index in [1.54, 1.807) is 0 Å². The second-order valence-electron chi connectivity index (χ2n) is 3.88. The van der Waals surface area contributed by atoms with E-state index in [2.05, 4.69) is 29.3 Å². The van der Waals surface area contributed by atoms with E-state index in [-0.39, 0.29) is 0 Å². The van der Waals surface area contributed by atoms with Crippen molar-refractivity contribution in [1.82, 2.24) is 15.5 Å². The van der Waals surface area contributed by atoms with E-state index in [9.17, 15) is 0 Å². The molecule has 0 aliphatic rings.